The van der Waals surface area contributed by atoms with E-state index in [0.29, 0.717) is 13.1 Å². The summed E-state index contributed by atoms with van der Waals surface area (Å²) < 4.78 is 0. The quantitative estimate of drug-likeness (QED) is 0.369. The minimum absolute atomic E-state index is 0.109. The Morgan fingerprint density at radius 1 is 1.36 bits per heavy atom. The molecule has 2 N–H and O–H groups in total. The van der Waals surface area contributed by atoms with E-state index in [4.69, 9.17) is 5.26 Å². The van der Waals surface area contributed by atoms with Gasteiger partial charge in [0, 0.05) is 13.1 Å². The SMILES string of the molecule is CCN(CC)C(=O)/C(C#N)=C/c1cc(O)c([N+](=O)[O-])c(O)c1. The molecule has 0 aliphatic rings. The zero-order valence-corrected chi connectivity index (χ0v) is 12.1. The molecule has 0 saturated carbocycles. The Morgan fingerprint density at radius 2 is 1.86 bits per heavy atom. The van der Waals surface area contributed by atoms with Crippen LogP contribution >= 0.6 is 0 Å². The maximum Gasteiger partial charge on any atom is 0.351 e. The van der Waals surface area contributed by atoms with Crippen molar-refractivity contribution in [2.75, 3.05) is 13.1 Å². The highest BCUT2D eigenvalue weighted by Crippen LogP contribution is 2.36. The molecule has 0 aliphatic heterocycles. The molecule has 0 heterocycles. The van der Waals surface area contributed by atoms with Crippen molar-refractivity contribution in [3.05, 3.63) is 33.4 Å². The van der Waals surface area contributed by atoms with Gasteiger partial charge in [0.15, 0.2) is 11.5 Å². The van der Waals surface area contributed by atoms with Crippen molar-refractivity contribution < 1.29 is 19.9 Å². The van der Waals surface area contributed by atoms with Gasteiger partial charge in [-0.25, -0.2) is 0 Å². The maximum atomic E-state index is 12.1. The Kier molecular flexibility index (Phi) is 5.46. The number of nitro groups is 1. The molecule has 8 heteroatoms. The highest BCUT2D eigenvalue weighted by Gasteiger charge is 2.21. The Hall–Kier alpha value is -3.08. The molecule has 0 saturated heterocycles. The fourth-order valence-electron chi connectivity index (χ4n) is 1.89. The van der Waals surface area contributed by atoms with Crippen LogP contribution in [0.5, 0.6) is 11.5 Å². The molecule has 0 fully saturated rings. The van der Waals surface area contributed by atoms with Gasteiger partial charge in [-0.15, -0.1) is 0 Å². The fourth-order valence-corrected chi connectivity index (χ4v) is 1.89. The predicted octanol–water partition coefficient (Wildman–Crippen LogP) is 1.78. The summed E-state index contributed by atoms with van der Waals surface area (Å²) in [4.78, 5) is 23.3. The fraction of sp³-hybridized carbons (Fsp3) is 0.286. The number of nitrogens with zero attached hydrogens (tertiary/aromatic N) is 3. The van der Waals surface area contributed by atoms with Crippen molar-refractivity contribution in [3.63, 3.8) is 0 Å². The molecule has 0 aromatic heterocycles. The molecule has 0 atom stereocenters. The summed E-state index contributed by atoms with van der Waals surface area (Å²) >= 11 is 0. The van der Waals surface area contributed by atoms with Crippen molar-refractivity contribution in [1.82, 2.24) is 4.90 Å². The van der Waals surface area contributed by atoms with Crippen molar-refractivity contribution >= 4 is 17.7 Å². The van der Waals surface area contributed by atoms with Crippen molar-refractivity contribution in [1.29, 1.82) is 5.26 Å². The van der Waals surface area contributed by atoms with Gasteiger partial charge in [-0.2, -0.15) is 5.26 Å². The van der Waals surface area contributed by atoms with Gasteiger partial charge in [0.05, 0.1) is 4.92 Å². The van der Waals surface area contributed by atoms with Crippen molar-refractivity contribution in [2.45, 2.75) is 13.8 Å². The number of carbonyl (C=O) groups excluding carboxylic acids is 1. The lowest BCUT2D eigenvalue weighted by Gasteiger charge is -2.17. The van der Waals surface area contributed by atoms with Gasteiger partial charge >= 0.3 is 5.69 Å². The van der Waals surface area contributed by atoms with Crippen LogP contribution in [0.25, 0.3) is 6.08 Å². The largest absolute Gasteiger partial charge is 0.502 e. The zero-order chi connectivity index (χ0) is 16.9. The van der Waals surface area contributed by atoms with E-state index < -0.39 is 28.0 Å². The number of hydrogen-bond donors (Lipinski definition) is 2. The number of carbonyl (C=O) groups is 1. The third kappa shape index (κ3) is 3.52. The molecule has 1 rings (SSSR count). The van der Waals surface area contributed by atoms with Crippen LogP contribution in [0, 0.1) is 21.4 Å². The summed E-state index contributed by atoms with van der Waals surface area (Å²) in [6.45, 7) is 4.37. The minimum atomic E-state index is -0.926. The number of phenols is 2. The molecule has 8 nitrogen and oxygen atoms in total. The number of nitriles is 1. The second kappa shape index (κ2) is 7.08. The standard InChI is InChI=1S/C14H15N3O5/c1-3-16(4-2)14(20)10(8-15)5-9-6-11(18)13(17(21)22)12(19)7-9/h5-7,18-19H,3-4H2,1-2H3/b10-5+. The topological polar surface area (TPSA) is 128 Å². The van der Waals surface area contributed by atoms with E-state index in [1.807, 2.05) is 0 Å². The molecular weight excluding hydrogens is 290 g/mol. The number of nitro benzene ring substituents is 1. The molecule has 0 spiro atoms. The number of amides is 1. The Morgan fingerprint density at radius 3 is 2.23 bits per heavy atom. The summed E-state index contributed by atoms with van der Waals surface area (Å²) in [5.41, 5.74) is -0.917. The number of phenolic OH excluding ortho intramolecular Hbond substituents is 2. The summed E-state index contributed by atoms with van der Waals surface area (Å²) in [7, 11) is 0. The molecule has 116 valence electrons. The van der Waals surface area contributed by atoms with Crippen LogP contribution in [0.3, 0.4) is 0 Å². The molecule has 22 heavy (non-hydrogen) atoms. The first kappa shape index (κ1) is 17.0. The molecule has 0 unspecified atom stereocenters. The highest BCUT2D eigenvalue weighted by atomic mass is 16.6. The van der Waals surface area contributed by atoms with Crippen molar-refractivity contribution in [2.24, 2.45) is 0 Å². The molecule has 0 aliphatic carbocycles. The van der Waals surface area contributed by atoms with Gasteiger partial charge in [0.1, 0.15) is 11.6 Å². The van der Waals surface area contributed by atoms with Crippen LogP contribution in [-0.4, -0.2) is 39.0 Å². The van der Waals surface area contributed by atoms with Crippen molar-refractivity contribution in [3.8, 4) is 17.6 Å². The van der Waals surface area contributed by atoms with Gasteiger partial charge in [-0.3, -0.25) is 14.9 Å². The van der Waals surface area contributed by atoms with Gasteiger partial charge < -0.3 is 15.1 Å². The van der Waals surface area contributed by atoms with E-state index in [9.17, 15) is 25.1 Å². The summed E-state index contributed by atoms with van der Waals surface area (Å²) in [5.74, 6) is -1.99. The van der Waals surface area contributed by atoms with Gasteiger partial charge in [0.25, 0.3) is 5.91 Å². The summed E-state index contributed by atoms with van der Waals surface area (Å²) in [5, 5.41) is 38.9. The molecule has 1 aromatic carbocycles. The predicted molar refractivity (Wildman–Crippen MR) is 77.9 cm³/mol. The van der Waals surface area contributed by atoms with Crippen LogP contribution < -0.4 is 0 Å². The first-order chi connectivity index (χ1) is 10.3. The van der Waals surface area contributed by atoms with E-state index in [1.54, 1.807) is 19.9 Å². The molecule has 1 amide bonds. The van der Waals surface area contributed by atoms with Crippen LogP contribution in [-0.2, 0) is 4.79 Å². The molecule has 0 radical (unpaired) electrons. The monoisotopic (exact) mass is 305 g/mol. The van der Waals surface area contributed by atoms with Crippen LogP contribution in [0.4, 0.5) is 5.69 Å². The van der Waals surface area contributed by atoms with Crippen LogP contribution in [0.2, 0.25) is 0 Å². The number of rotatable bonds is 5. The van der Waals surface area contributed by atoms with E-state index >= 15 is 0 Å². The Labute approximate surface area is 126 Å². The lowest BCUT2D eigenvalue weighted by Crippen LogP contribution is -2.31. The Balaban J connectivity index is 3.28. The van der Waals surface area contributed by atoms with Gasteiger partial charge in [-0.05, 0) is 37.6 Å². The number of benzene rings is 1. The Bertz CT molecular complexity index is 649. The summed E-state index contributed by atoms with van der Waals surface area (Å²) in [6.07, 6.45) is 1.16. The lowest BCUT2D eigenvalue weighted by molar-refractivity contribution is -0.386. The number of hydrogen-bond acceptors (Lipinski definition) is 6. The molecule has 1 aromatic rings. The molecular formula is C14H15N3O5. The van der Waals surface area contributed by atoms with E-state index in [2.05, 4.69) is 0 Å². The second-order valence-corrected chi connectivity index (χ2v) is 4.31. The third-order valence-electron chi connectivity index (χ3n) is 2.99. The average molecular weight is 305 g/mol. The van der Waals surface area contributed by atoms with Gasteiger partial charge in [-0.1, -0.05) is 0 Å². The second-order valence-electron chi connectivity index (χ2n) is 4.31. The first-order valence-electron chi connectivity index (χ1n) is 6.47. The van der Waals surface area contributed by atoms with E-state index in [0.717, 1.165) is 18.2 Å². The highest BCUT2D eigenvalue weighted by molar-refractivity contribution is 6.01. The number of likely N-dealkylation sites (N-methyl/N-ethyl adjacent to an activating group) is 1. The lowest BCUT2D eigenvalue weighted by atomic mass is 10.1. The zero-order valence-electron chi connectivity index (χ0n) is 12.1. The third-order valence-corrected chi connectivity index (χ3v) is 2.99. The average Bonchev–Trinajstić information content (AvgIpc) is 2.44. The number of aromatic hydroxyl groups is 2. The minimum Gasteiger partial charge on any atom is -0.502 e. The first-order valence-corrected chi connectivity index (χ1v) is 6.47. The van der Waals surface area contributed by atoms with E-state index in [1.165, 1.54) is 4.90 Å². The maximum absolute atomic E-state index is 12.1. The van der Waals surface area contributed by atoms with Crippen LogP contribution in [0.15, 0.2) is 17.7 Å². The molecule has 0 bridgehead atoms. The van der Waals surface area contributed by atoms with E-state index in [-0.39, 0.29) is 11.1 Å². The smallest absolute Gasteiger partial charge is 0.351 e. The summed E-state index contributed by atoms with van der Waals surface area (Å²) in [6, 6.07) is 3.76. The normalized spacial score (nSPS) is 10.9. The van der Waals surface area contributed by atoms with Crippen LogP contribution in [0.1, 0.15) is 19.4 Å². The van der Waals surface area contributed by atoms with Gasteiger partial charge in [0.2, 0.25) is 0 Å².